The number of nitrogens with two attached hydrogens (primary N) is 1. The summed E-state index contributed by atoms with van der Waals surface area (Å²) >= 11 is 0. The molecule has 0 amide bonds. The van der Waals surface area contributed by atoms with E-state index in [1.165, 1.54) is 5.56 Å². The summed E-state index contributed by atoms with van der Waals surface area (Å²) < 4.78 is 0. The van der Waals surface area contributed by atoms with Gasteiger partial charge in [0.15, 0.2) is 0 Å². The second-order valence-electron chi connectivity index (χ2n) is 4.64. The molecule has 0 aliphatic carbocycles. The van der Waals surface area contributed by atoms with E-state index >= 15 is 0 Å². The number of nitriles is 1. The molecule has 1 fully saturated rings. The Balaban J connectivity index is 1.97. The summed E-state index contributed by atoms with van der Waals surface area (Å²) in [4.78, 5) is 2.37. The lowest BCUT2D eigenvalue weighted by molar-refractivity contribution is 0.319. The van der Waals surface area contributed by atoms with Gasteiger partial charge in [-0.2, -0.15) is 5.26 Å². The first-order valence-corrected chi connectivity index (χ1v) is 5.66. The molecule has 3 heteroatoms. The number of hydrogen-bond donors (Lipinski definition) is 1. The van der Waals surface area contributed by atoms with Gasteiger partial charge in [-0.1, -0.05) is 19.1 Å². The van der Waals surface area contributed by atoms with Gasteiger partial charge in [-0.05, 0) is 23.6 Å². The Morgan fingerprint density at radius 3 is 2.56 bits per heavy atom. The van der Waals surface area contributed by atoms with Crippen molar-refractivity contribution in [2.45, 2.75) is 19.5 Å². The quantitative estimate of drug-likeness (QED) is 0.810. The van der Waals surface area contributed by atoms with Crippen LogP contribution in [0.15, 0.2) is 24.3 Å². The van der Waals surface area contributed by atoms with Crippen LogP contribution in [0.2, 0.25) is 0 Å². The number of rotatable bonds is 2. The molecular weight excluding hydrogens is 198 g/mol. The highest BCUT2D eigenvalue weighted by Gasteiger charge is 2.26. The van der Waals surface area contributed by atoms with Gasteiger partial charge in [-0.25, -0.2) is 0 Å². The standard InChI is InChI=1S/C13H17N3/c1-10-7-16(9-13(10)15)8-12-4-2-11(6-14)3-5-12/h2-5,10,13H,7-9,15H2,1H3. The van der Waals surface area contributed by atoms with Gasteiger partial charge in [0.2, 0.25) is 0 Å². The first kappa shape index (κ1) is 11.1. The Labute approximate surface area is 96.5 Å². The molecule has 0 radical (unpaired) electrons. The van der Waals surface area contributed by atoms with Gasteiger partial charge in [0, 0.05) is 25.7 Å². The van der Waals surface area contributed by atoms with Gasteiger partial charge >= 0.3 is 0 Å². The summed E-state index contributed by atoms with van der Waals surface area (Å²) in [5, 5.41) is 8.71. The lowest BCUT2D eigenvalue weighted by atomic mass is 10.1. The Morgan fingerprint density at radius 2 is 2.06 bits per heavy atom. The van der Waals surface area contributed by atoms with Crippen molar-refractivity contribution < 1.29 is 0 Å². The average Bonchev–Trinajstić information content (AvgIpc) is 2.59. The van der Waals surface area contributed by atoms with Crippen LogP contribution < -0.4 is 5.73 Å². The number of likely N-dealkylation sites (tertiary alicyclic amines) is 1. The van der Waals surface area contributed by atoms with Crippen molar-refractivity contribution in [1.29, 1.82) is 5.26 Å². The van der Waals surface area contributed by atoms with Crippen molar-refractivity contribution in [2.75, 3.05) is 13.1 Å². The second kappa shape index (κ2) is 4.65. The number of nitrogens with zero attached hydrogens (tertiary/aromatic N) is 2. The van der Waals surface area contributed by atoms with Crippen molar-refractivity contribution in [3.8, 4) is 6.07 Å². The highest BCUT2D eigenvalue weighted by molar-refractivity contribution is 5.31. The van der Waals surface area contributed by atoms with E-state index in [1.807, 2.05) is 24.3 Å². The highest BCUT2D eigenvalue weighted by atomic mass is 15.2. The molecule has 1 aliphatic heterocycles. The Morgan fingerprint density at radius 1 is 1.38 bits per heavy atom. The topological polar surface area (TPSA) is 53.0 Å². The zero-order valence-electron chi connectivity index (χ0n) is 9.56. The summed E-state index contributed by atoms with van der Waals surface area (Å²) in [7, 11) is 0. The molecule has 84 valence electrons. The average molecular weight is 215 g/mol. The normalized spacial score (nSPS) is 25.6. The predicted octanol–water partition coefficient (Wildman–Crippen LogP) is 1.34. The maximum atomic E-state index is 8.71. The van der Waals surface area contributed by atoms with E-state index in [-0.39, 0.29) is 0 Å². The van der Waals surface area contributed by atoms with Crippen LogP contribution in [0.1, 0.15) is 18.1 Å². The minimum Gasteiger partial charge on any atom is -0.326 e. The lowest BCUT2D eigenvalue weighted by Gasteiger charge is -2.15. The van der Waals surface area contributed by atoms with E-state index in [9.17, 15) is 0 Å². The first-order chi connectivity index (χ1) is 7.69. The molecule has 1 aromatic rings. The van der Waals surface area contributed by atoms with Gasteiger partial charge in [0.05, 0.1) is 11.6 Å². The van der Waals surface area contributed by atoms with E-state index < -0.39 is 0 Å². The Hall–Kier alpha value is -1.37. The summed E-state index contributed by atoms with van der Waals surface area (Å²) in [6.07, 6.45) is 0. The van der Waals surface area contributed by atoms with Gasteiger partial charge < -0.3 is 5.73 Å². The van der Waals surface area contributed by atoms with E-state index in [4.69, 9.17) is 11.0 Å². The van der Waals surface area contributed by atoms with Crippen LogP contribution >= 0.6 is 0 Å². The van der Waals surface area contributed by atoms with Gasteiger partial charge in [0.1, 0.15) is 0 Å². The van der Waals surface area contributed by atoms with E-state index in [2.05, 4.69) is 17.9 Å². The molecule has 1 aliphatic rings. The van der Waals surface area contributed by atoms with Crippen LogP contribution in [0.5, 0.6) is 0 Å². The molecule has 2 rings (SSSR count). The molecule has 3 nitrogen and oxygen atoms in total. The maximum absolute atomic E-state index is 8.71. The third-order valence-electron chi connectivity index (χ3n) is 3.24. The van der Waals surface area contributed by atoms with E-state index in [0.717, 1.165) is 25.2 Å². The Kier molecular flexibility index (Phi) is 3.23. The van der Waals surface area contributed by atoms with Crippen LogP contribution in [0.4, 0.5) is 0 Å². The predicted molar refractivity (Wildman–Crippen MR) is 63.6 cm³/mol. The third-order valence-corrected chi connectivity index (χ3v) is 3.24. The lowest BCUT2D eigenvalue weighted by Crippen LogP contribution is -2.28. The zero-order valence-corrected chi connectivity index (χ0v) is 9.56. The summed E-state index contributed by atoms with van der Waals surface area (Å²) in [6.45, 7) is 5.18. The molecule has 0 aromatic heterocycles. The summed E-state index contributed by atoms with van der Waals surface area (Å²) in [5.74, 6) is 0.582. The van der Waals surface area contributed by atoms with Crippen LogP contribution in [-0.2, 0) is 6.54 Å². The van der Waals surface area contributed by atoms with Gasteiger partial charge in [0.25, 0.3) is 0 Å². The molecular formula is C13H17N3. The van der Waals surface area contributed by atoms with Crippen molar-refractivity contribution in [2.24, 2.45) is 11.7 Å². The molecule has 2 unspecified atom stereocenters. The Bertz CT molecular complexity index is 381. The second-order valence-corrected chi connectivity index (χ2v) is 4.64. The molecule has 2 N–H and O–H groups in total. The fourth-order valence-corrected chi connectivity index (χ4v) is 2.17. The minimum absolute atomic E-state index is 0.304. The molecule has 0 bridgehead atoms. The van der Waals surface area contributed by atoms with Crippen molar-refractivity contribution in [3.63, 3.8) is 0 Å². The van der Waals surface area contributed by atoms with Crippen LogP contribution in [0.3, 0.4) is 0 Å². The molecule has 1 aromatic carbocycles. The van der Waals surface area contributed by atoms with Crippen LogP contribution in [0.25, 0.3) is 0 Å². The smallest absolute Gasteiger partial charge is 0.0991 e. The fourth-order valence-electron chi connectivity index (χ4n) is 2.17. The van der Waals surface area contributed by atoms with E-state index in [0.29, 0.717) is 12.0 Å². The molecule has 1 saturated heterocycles. The SMILES string of the molecule is CC1CN(Cc2ccc(C#N)cc2)CC1N. The number of benzene rings is 1. The van der Waals surface area contributed by atoms with Crippen LogP contribution in [0, 0.1) is 17.2 Å². The fraction of sp³-hybridized carbons (Fsp3) is 0.462. The van der Waals surface area contributed by atoms with Crippen LogP contribution in [-0.4, -0.2) is 24.0 Å². The number of hydrogen-bond acceptors (Lipinski definition) is 3. The third kappa shape index (κ3) is 2.41. The molecule has 0 spiro atoms. The molecule has 0 saturated carbocycles. The molecule has 1 heterocycles. The highest BCUT2D eigenvalue weighted by Crippen LogP contribution is 2.17. The monoisotopic (exact) mass is 215 g/mol. The molecule has 16 heavy (non-hydrogen) atoms. The van der Waals surface area contributed by atoms with Crippen molar-refractivity contribution in [3.05, 3.63) is 35.4 Å². The summed E-state index contributed by atoms with van der Waals surface area (Å²) in [6, 6.07) is 10.2. The van der Waals surface area contributed by atoms with Crippen molar-refractivity contribution >= 4 is 0 Å². The zero-order chi connectivity index (χ0) is 11.5. The van der Waals surface area contributed by atoms with Crippen molar-refractivity contribution in [1.82, 2.24) is 4.90 Å². The largest absolute Gasteiger partial charge is 0.326 e. The van der Waals surface area contributed by atoms with Gasteiger partial charge in [-0.15, -0.1) is 0 Å². The summed E-state index contributed by atoms with van der Waals surface area (Å²) in [5.41, 5.74) is 7.95. The first-order valence-electron chi connectivity index (χ1n) is 5.66. The maximum Gasteiger partial charge on any atom is 0.0991 e. The molecule has 2 atom stereocenters. The van der Waals surface area contributed by atoms with Gasteiger partial charge in [-0.3, -0.25) is 4.90 Å². The van der Waals surface area contributed by atoms with E-state index in [1.54, 1.807) is 0 Å². The minimum atomic E-state index is 0.304.